The molecule has 0 aliphatic rings. The molecule has 1 heterocycles. The van der Waals surface area contributed by atoms with Gasteiger partial charge in [-0.1, -0.05) is 17.3 Å². The van der Waals surface area contributed by atoms with Gasteiger partial charge < -0.3 is 15.4 Å². The van der Waals surface area contributed by atoms with Gasteiger partial charge in [-0.15, -0.1) is 0 Å². The van der Waals surface area contributed by atoms with E-state index in [4.69, 9.17) is 10.3 Å². The number of hydrogen-bond acceptors (Lipinski definition) is 4. The molecule has 0 atom stereocenters. The second kappa shape index (κ2) is 3.74. The lowest BCUT2D eigenvalue weighted by Gasteiger charge is -2.01. The first-order valence-electron chi connectivity index (χ1n) is 4.67. The molecule has 15 heavy (non-hydrogen) atoms. The highest BCUT2D eigenvalue weighted by atomic mass is 16.5. The van der Waals surface area contributed by atoms with Gasteiger partial charge >= 0.3 is 0 Å². The van der Waals surface area contributed by atoms with Gasteiger partial charge in [-0.2, -0.15) is 0 Å². The summed E-state index contributed by atoms with van der Waals surface area (Å²) in [5, 5.41) is 13.5. The fourth-order valence-corrected chi connectivity index (χ4v) is 1.51. The zero-order valence-corrected chi connectivity index (χ0v) is 8.40. The summed E-state index contributed by atoms with van der Waals surface area (Å²) in [6.45, 7) is 2.17. The van der Waals surface area contributed by atoms with Crippen molar-refractivity contribution in [1.29, 1.82) is 0 Å². The Bertz CT molecular complexity index is 477. The summed E-state index contributed by atoms with van der Waals surface area (Å²) in [6.07, 6.45) is 0. The smallest absolute Gasteiger partial charge is 0.175 e. The number of aromatic hydroxyl groups is 1. The van der Waals surface area contributed by atoms with Crippen LogP contribution in [0.5, 0.6) is 5.75 Å². The Hall–Kier alpha value is -1.81. The summed E-state index contributed by atoms with van der Waals surface area (Å²) >= 11 is 0. The van der Waals surface area contributed by atoms with Crippen molar-refractivity contribution in [2.75, 3.05) is 0 Å². The highest BCUT2D eigenvalue weighted by Crippen LogP contribution is 2.32. The topological polar surface area (TPSA) is 72.3 Å². The van der Waals surface area contributed by atoms with E-state index in [0.717, 1.165) is 11.3 Å². The van der Waals surface area contributed by atoms with Crippen molar-refractivity contribution in [2.45, 2.75) is 13.5 Å². The SMILES string of the molecule is Cc1noc(-c2ccccc2O)c1CN. The van der Waals surface area contributed by atoms with Crippen LogP contribution < -0.4 is 5.73 Å². The predicted molar refractivity (Wildman–Crippen MR) is 56.2 cm³/mol. The first kappa shape index (κ1) is 9.73. The Morgan fingerprint density at radius 3 is 2.80 bits per heavy atom. The zero-order valence-electron chi connectivity index (χ0n) is 8.40. The van der Waals surface area contributed by atoms with Crippen LogP contribution in [0.4, 0.5) is 0 Å². The Kier molecular flexibility index (Phi) is 2.43. The van der Waals surface area contributed by atoms with Crippen molar-refractivity contribution in [3.63, 3.8) is 0 Å². The summed E-state index contributed by atoms with van der Waals surface area (Å²) in [6, 6.07) is 6.96. The van der Waals surface area contributed by atoms with Crippen LogP contribution in [-0.2, 0) is 6.54 Å². The van der Waals surface area contributed by atoms with E-state index in [-0.39, 0.29) is 5.75 Å². The molecule has 0 spiro atoms. The van der Waals surface area contributed by atoms with Crippen LogP contribution in [-0.4, -0.2) is 10.3 Å². The number of aryl methyl sites for hydroxylation is 1. The van der Waals surface area contributed by atoms with Crippen LogP contribution in [0, 0.1) is 6.92 Å². The monoisotopic (exact) mass is 204 g/mol. The molecule has 0 saturated heterocycles. The molecule has 4 nitrogen and oxygen atoms in total. The van der Waals surface area contributed by atoms with Crippen molar-refractivity contribution in [3.8, 4) is 17.1 Å². The maximum absolute atomic E-state index is 9.66. The van der Waals surface area contributed by atoms with Gasteiger partial charge in [-0.3, -0.25) is 0 Å². The minimum atomic E-state index is 0.170. The fraction of sp³-hybridized carbons (Fsp3) is 0.182. The molecule has 0 bridgehead atoms. The zero-order chi connectivity index (χ0) is 10.8. The lowest BCUT2D eigenvalue weighted by Crippen LogP contribution is -1.98. The van der Waals surface area contributed by atoms with Crippen molar-refractivity contribution >= 4 is 0 Å². The molecule has 4 heteroatoms. The molecule has 2 rings (SSSR count). The second-order valence-corrected chi connectivity index (χ2v) is 3.30. The number of hydrogen-bond donors (Lipinski definition) is 2. The molecule has 1 aromatic carbocycles. The van der Waals surface area contributed by atoms with Gasteiger partial charge in [0.25, 0.3) is 0 Å². The molecule has 1 aromatic heterocycles. The summed E-state index contributed by atoms with van der Waals surface area (Å²) in [5.41, 5.74) is 7.82. The third kappa shape index (κ3) is 1.59. The van der Waals surface area contributed by atoms with Crippen molar-refractivity contribution in [2.24, 2.45) is 5.73 Å². The van der Waals surface area contributed by atoms with Crippen LogP contribution in [0.2, 0.25) is 0 Å². The Morgan fingerprint density at radius 2 is 2.13 bits per heavy atom. The second-order valence-electron chi connectivity index (χ2n) is 3.30. The molecule has 0 saturated carbocycles. The largest absolute Gasteiger partial charge is 0.507 e. The van der Waals surface area contributed by atoms with Gasteiger partial charge in [0, 0.05) is 12.1 Å². The highest BCUT2D eigenvalue weighted by molar-refractivity contribution is 5.68. The normalized spacial score (nSPS) is 10.5. The molecule has 2 aromatic rings. The maximum Gasteiger partial charge on any atom is 0.175 e. The van der Waals surface area contributed by atoms with Crippen molar-refractivity contribution in [3.05, 3.63) is 35.5 Å². The molecule has 0 unspecified atom stereocenters. The first-order valence-corrected chi connectivity index (χ1v) is 4.67. The fourth-order valence-electron chi connectivity index (χ4n) is 1.51. The summed E-state index contributed by atoms with van der Waals surface area (Å²) in [7, 11) is 0. The minimum absolute atomic E-state index is 0.170. The molecule has 0 fully saturated rings. The third-order valence-corrected chi connectivity index (χ3v) is 2.34. The van der Waals surface area contributed by atoms with Gasteiger partial charge in [0.05, 0.1) is 11.3 Å². The number of phenolic OH excluding ortho intramolecular Hbond substituents is 1. The Balaban J connectivity index is 2.59. The standard InChI is InChI=1S/C11H12N2O2/c1-7-9(6-12)11(15-13-7)8-4-2-3-5-10(8)14/h2-5,14H,6,12H2,1H3. The van der Waals surface area contributed by atoms with Crippen LogP contribution in [0.1, 0.15) is 11.3 Å². The van der Waals surface area contributed by atoms with Crippen molar-refractivity contribution in [1.82, 2.24) is 5.16 Å². The number of nitrogens with two attached hydrogens (primary N) is 1. The number of nitrogens with zero attached hydrogens (tertiary/aromatic N) is 1. The van der Waals surface area contributed by atoms with E-state index >= 15 is 0 Å². The average Bonchev–Trinajstić information content (AvgIpc) is 2.60. The molecule has 0 amide bonds. The van der Waals surface area contributed by atoms with Crippen LogP contribution in [0.15, 0.2) is 28.8 Å². The van der Waals surface area contributed by atoms with Gasteiger partial charge in [-0.25, -0.2) is 0 Å². The highest BCUT2D eigenvalue weighted by Gasteiger charge is 2.15. The van der Waals surface area contributed by atoms with Gasteiger partial charge in [0.15, 0.2) is 5.76 Å². The summed E-state index contributed by atoms with van der Waals surface area (Å²) in [5.74, 6) is 0.719. The molecule has 3 N–H and O–H groups in total. The molecular formula is C11H12N2O2. The third-order valence-electron chi connectivity index (χ3n) is 2.34. The number of benzene rings is 1. The van der Waals surface area contributed by atoms with E-state index in [9.17, 15) is 5.11 Å². The molecule has 78 valence electrons. The van der Waals surface area contributed by atoms with E-state index < -0.39 is 0 Å². The lowest BCUT2D eigenvalue weighted by atomic mass is 10.1. The summed E-state index contributed by atoms with van der Waals surface area (Å²) < 4.78 is 5.16. The number of aromatic nitrogens is 1. The Labute approximate surface area is 87.3 Å². The van der Waals surface area contributed by atoms with E-state index in [1.165, 1.54) is 0 Å². The maximum atomic E-state index is 9.66. The average molecular weight is 204 g/mol. The van der Waals surface area contributed by atoms with E-state index in [0.29, 0.717) is 17.9 Å². The van der Waals surface area contributed by atoms with E-state index in [1.54, 1.807) is 18.2 Å². The molecule has 0 radical (unpaired) electrons. The number of phenols is 1. The van der Waals surface area contributed by atoms with E-state index in [1.807, 2.05) is 13.0 Å². The van der Waals surface area contributed by atoms with Gasteiger partial charge in [0.1, 0.15) is 5.75 Å². The summed E-state index contributed by atoms with van der Waals surface area (Å²) in [4.78, 5) is 0. The predicted octanol–water partition coefficient (Wildman–Crippen LogP) is 1.81. The number of rotatable bonds is 2. The van der Waals surface area contributed by atoms with Crippen LogP contribution in [0.25, 0.3) is 11.3 Å². The van der Waals surface area contributed by atoms with Crippen LogP contribution >= 0.6 is 0 Å². The van der Waals surface area contributed by atoms with Gasteiger partial charge in [-0.05, 0) is 19.1 Å². The molecule has 0 aliphatic heterocycles. The molecular weight excluding hydrogens is 192 g/mol. The number of para-hydroxylation sites is 1. The van der Waals surface area contributed by atoms with Gasteiger partial charge in [0.2, 0.25) is 0 Å². The minimum Gasteiger partial charge on any atom is -0.507 e. The van der Waals surface area contributed by atoms with E-state index in [2.05, 4.69) is 5.16 Å². The first-order chi connectivity index (χ1) is 7.24. The lowest BCUT2D eigenvalue weighted by molar-refractivity contribution is 0.421. The quantitative estimate of drug-likeness (QED) is 0.782. The molecule has 0 aliphatic carbocycles. The van der Waals surface area contributed by atoms with Crippen molar-refractivity contribution < 1.29 is 9.63 Å². The van der Waals surface area contributed by atoms with Crippen LogP contribution in [0.3, 0.4) is 0 Å². The Morgan fingerprint density at radius 1 is 1.40 bits per heavy atom.